The van der Waals surface area contributed by atoms with Crippen molar-refractivity contribution in [2.45, 2.75) is 38.1 Å². The topological polar surface area (TPSA) is 109 Å². The maximum absolute atomic E-state index is 9.80. The summed E-state index contributed by atoms with van der Waals surface area (Å²) in [6.07, 6.45) is 6.96. The number of allylic oxidation sites excluding steroid dienone is 4. The minimum atomic E-state index is -1.40. The van der Waals surface area contributed by atoms with E-state index in [2.05, 4.69) is 29.6 Å². The molecule has 1 heterocycles. The molecule has 0 amide bonds. The van der Waals surface area contributed by atoms with Gasteiger partial charge in [-0.3, -0.25) is 0 Å². The monoisotopic (exact) mass is 293 g/mol. The van der Waals surface area contributed by atoms with Crippen LogP contribution in [0.4, 0.5) is 0 Å². The maximum Gasteiger partial charge on any atom is 0.188 e. The van der Waals surface area contributed by atoms with Crippen molar-refractivity contribution >= 4 is 0 Å². The Hall–Kier alpha value is -2.29. The smallest absolute Gasteiger partial charge is 0.188 e. The molecule has 0 spiro atoms. The van der Waals surface area contributed by atoms with Gasteiger partial charge in [-0.25, -0.2) is 0 Å². The molecule has 1 saturated heterocycles. The highest BCUT2D eigenvalue weighted by molar-refractivity contribution is 5.56. The summed E-state index contributed by atoms with van der Waals surface area (Å²) >= 11 is 0. The zero-order valence-electron chi connectivity index (χ0n) is 12.5. The SMILES string of the molecule is N#CC1=C(N)C(C#N)(C#N)C(C2CCCN2)C2CCCC=C12. The van der Waals surface area contributed by atoms with Gasteiger partial charge in [-0.15, -0.1) is 0 Å². The van der Waals surface area contributed by atoms with Crippen LogP contribution in [0.2, 0.25) is 0 Å². The highest BCUT2D eigenvalue weighted by Crippen LogP contribution is 2.53. The summed E-state index contributed by atoms with van der Waals surface area (Å²) in [6, 6.07) is 6.62. The van der Waals surface area contributed by atoms with Crippen LogP contribution in [0.1, 0.15) is 32.1 Å². The predicted octanol–water partition coefficient (Wildman–Crippen LogP) is 1.86. The van der Waals surface area contributed by atoms with Crippen molar-refractivity contribution in [2.24, 2.45) is 23.0 Å². The molecule has 3 N–H and O–H groups in total. The molecule has 0 aromatic heterocycles. The molecule has 0 aromatic rings. The molecule has 112 valence electrons. The van der Waals surface area contributed by atoms with Gasteiger partial charge in [-0.1, -0.05) is 6.08 Å². The standard InChI is InChI=1S/C17H19N5/c18-8-13-11-4-1-2-5-12(11)15(14-6-3-7-22-14)17(9-19,10-20)16(13)21/h4,12,14-15,22H,1-3,5-7,21H2. The van der Waals surface area contributed by atoms with Crippen LogP contribution >= 0.6 is 0 Å². The third-order valence-electron chi connectivity index (χ3n) is 5.40. The summed E-state index contributed by atoms with van der Waals surface area (Å²) in [4.78, 5) is 0. The van der Waals surface area contributed by atoms with E-state index in [4.69, 9.17) is 5.73 Å². The molecule has 0 aromatic carbocycles. The van der Waals surface area contributed by atoms with E-state index < -0.39 is 5.41 Å². The predicted molar refractivity (Wildman–Crippen MR) is 80.4 cm³/mol. The van der Waals surface area contributed by atoms with Gasteiger partial charge in [-0.05, 0) is 50.1 Å². The van der Waals surface area contributed by atoms with Gasteiger partial charge in [0.25, 0.3) is 0 Å². The Morgan fingerprint density at radius 3 is 2.55 bits per heavy atom. The number of nitrogens with two attached hydrogens (primary N) is 1. The lowest BCUT2D eigenvalue weighted by Crippen LogP contribution is -2.51. The van der Waals surface area contributed by atoms with Gasteiger partial charge in [0.2, 0.25) is 0 Å². The van der Waals surface area contributed by atoms with Gasteiger partial charge >= 0.3 is 0 Å². The summed E-state index contributed by atoms with van der Waals surface area (Å²) < 4.78 is 0. The molecule has 2 aliphatic carbocycles. The summed E-state index contributed by atoms with van der Waals surface area (Å²) in [7, 11) is 0. The molecule has 22 heavy (non-hydrogen) atoms. The number of nitriles is 3. The zero-order chi connectivity index (χ0) is 15.7. The number of hydrogen-bond acceptors (Lipinski definition) is 5. The van der Waals surface area contributed by atoms with E-state index in [0.29, 0.717) is 5.57 Å². The first-order chi connectivity index (χ1) is 10.7. The van der Waals surface area contributed by atoms with Gasteiger partial charge in [0, 0.05) is 12.0 Å². The van der Waals surface area contributed by atoms with E-state index in [1.165, 1.54) is 0 Å². The minimum Gasteiger partial charge on any atom is -0.399 e. The normalized spacial score (nSPS) is 33.1. The van der Waals surface area contributed by atoms with E-state index in [1.807, 2.05) is 0 Å². The number of fused-ring (bicyclic) bond motifs is 1. The number of nitrogens with one attached hydrogen (secondary N) is 1. The molecule has 0 bridgehead atoms. The van der Waals surface area contributed by atoms with Crippen molar-refractivity contribution < 1.29 is 0 Å². The van der Waals surface area contributed by atoms with Crippen LogP contribution in [-0.2, 0) is 0 Å². The van der Waals surface area contributed by atoms with E-state index >= 15 is 0 Å². The summed E-state index contributed by atoms with van der Waals surface area (Å²) in [6.45, 7) is 0.911. The molecule has 0 radical (unpaired) electrons. The zero-order valence-corrected chi connectivity index (χ0v) is 12.5. The van der Waals surface area contributed by atoms with Crippen LogP contribution in [0.25, 0.3) is 0 Å². The first-order valence-corrected chi connectivity index (χ1v) is 7.86. The third-order valence-corrected chi connectivity index (χ3v) is 5.40. The fourth-order valence-electron chi connectivity index (χ4n) is 4.42. The fourth-order valence-corrected chi connectivity index (χ4v) is 4.42. The first-order valence-electron chi connectivity index (χ1n) is 7.86. The number of rotatable bonds is 1. The lowest BCUT2D eigenvalue weighted by Gasteiger charge is -2.45. The summed E-state index contributed by atoms with van der Waals surface area (Å²) in [5.74, 6) is -0.0979. The van der Waals surface area contributed by atoms with E-state index in [9.17, 15) is 15.8 Å². The Morgan fingerprint density at radius 2 is 1.95 bits per heavy atom. The van der Waals surface area contributed by atoms with Gasteiger partial charge in [0.1, 0.15) is 6.07 Å². The fraction of sp³-hybridized carbons (Fsp3) is 0.588. The van der Waals surface area contributed by atoms with Crippen LogP contribution in [0.3, 0.4) is 0 Å². The molecule has 3 rings (SSSR count). The largest absolute Gasteiger partial charge is 0.399 e. The minimum absolute atomic E-state index is 0.0746. The Labute approximate surface area is 130 Å². The van der Waals surface area contributed by atoms with Crippen LogP contribution < -0.4 is 11.1 Å². The summed E-state index contributed by atoms with van der Waals surface area (Å²) in [5, 5.41) is 32.6. The van der Waals surface area contributed by atoms with Crippen LogP contribution in [0.15, 0.2) is 22.9 Å². The van der Waals surface area contributed by atoms with Crippen LogP contribution in [-0.4, -0.2) is 12.6 Å². The van der Waals surface area contributed by atoms with Crippen molar-refractivity contribution in [3.63, 3.8) is 0 Å². The molecule has 3 unspecified atom stereocenters. The molecule has 1 fully saturated rings. The Bertz CT molecular complexity index is 647. The van der Waals surface area contributed by atoms with Gasteiger partial charge in [-0.2, -0.15) is 15.8 Å². The lowest BCUT2D eigenvalue weighted by molar-refractivity contribution is 0.183. The third kappa shape index (κ3) is 1.85. The second-order valence-corrected chi connectivity index (χ2v) is 6.36. The Balaban J connectivity index is 2.23. The molecular formula is C17H19N5. The average molecular weight is 293 g/mol. The van der Waals surface area contributed by atoms with E-state index in [-0.39, 0.29) is 23.6 Å². The van der Waals surface area contributed by atoms with Crippen molar-refractivity contribution in [3.8, 4) is 18.2 Å². The summed E-state index contributed by atoms with van der Waals surface area (Å²) in [5.41, 5.74) is 6.28. The van der Waals surface area contributed by atoms with Crippen molar-refractivity contribution in [1.29, 1.82) is 15.8 Å². The van der Waals surface area contributed by atoms with Gasteiger partial charge in [0.05, 0.1) is 23.4 Å². The average Bonchev–Trinajstić information content (AvgIpc) is 3.08. The van der Waals surface area contributed by atoms with E-state index in [0.717, 1.165) is 44.2 Å². The van der Waals surface area contributed by atoms with Crippen LogP contribution in [0, 0.1) is 51.2 Å². The second-order valence-electron chi connectivity index (χ2n) is 6.36. The molecular weight excluding hydrogens is 274 g/mol. The van der Waals surface area contributed by atoms with E-state index in [1.54, 1.807) is 0 Å². The van der Waals surface area contributed by atoms with Crippen molar-refractivity contribution in [3.05, 3.63) is 22.9 Å². The number of nitrogens with zero attached hydrogens (tertiary/aromatic N) is 3. The van der Waals surface area contributed by atoms with Crippen molar-refractivity contribution in [2.75, 3.05) is 6.54 Å². The molecule has 0 saturated carbocycles. The second kappa shape index (κ2) is 5.48. The molecule has 1 aliphatic heterocycles. The first kappa shape index (κ1) is 14.6. The highest BCUT2D eigenvalue weighted by Gasteiger charge is 2.55. The van der Waals surface area contributed by atoms with Crippen molar-refractivity contribution in [1.82, 2.24) is 5.32 Å². The Morgan fingerprint density at radius 1 is 1.18 bits per heavy atom. The van der Waals surface area contributed by atoms with Crippen LogP contribution in [0.5, 0.6) is 0 Å². The molecule has 3 aliphatic rings. The molecule has 5 heteroatoms. The molecule has 3 atom stereocenters. The van der Waals surface area contributed by atoms with Gasteiger partial charge < -0.3 is 11.1 Å². The lowest BCUT2D eigenvalue weighted by atomic mass is 9.56. The number of hydrogen-bond donors (Lipinski definition) is 2. The van der Waals surface area contributed by atoms with Gasteiger partial charge in [0.15, 0.2) is 5.41 Å². The highest BCUT2D eigenvalue weighted by atomic mass is 15.0. The Kier molecular flexibility index (Phi) is 3.65. The molecule has 5 nitrogen and oxygen atoms in total. The quantitative estimate of drug-likeness (QED) is 0.767. The maximum atomic E-state index is 9.80.